The summed E-state index contributed by atoms with van der Waals surface area (Å²) >= 11 is 0. The standard InChI is InChI=1S/C10H16N2O/c1-4-10(5-2)12-6-9(7-13)8(3)11-12/h6-7,10H,4-5H2,1-3H3. The summed E-state index contributed by atoms with van der Waals surface area (Å²) in [6.45, 7) is 6.13. The van der Waals surface area contributed by atoms with E-state index in [2.05, 4.69) is 18.9 Å². The first-order chi connectivity index (χ1) is 6.22. The van der Waals surface area contributed by atoms with Crippen LogP contribution in [-0.2, 0) is 0 Å². The Bertz CT molecular complexity index is 287. The molecule has 0 atom stereocenters. The third kappa shape index (κ3) is 1.97. The highest BCUT2D eigenvalue weighted by atomic mass is 16.1. The molecule has 0 spiro atoms. The van der Waals surface area contributed by atoms with Crippen LogP contribution < -0.4 is 0 Å². The molecule has 3 nitrogen and oxygen atoms in total. The van der Waals surface area contributed by atoms with Gasteiger partial charge in [-0.25, -0.2) is 0 Å². The summed E-state index contributed by atoms with van der Waals surface area (Å²) in [7, 11) is 0. The molecule has 0 saturated heterocycles. The smallest absolute Gasteiger partial charge is 0.153 e. The molecule has 0 aliphatic rings. The second-order valence-corrected chi connectivity index (χ2v) is 3.24. The summed E-state index contributed by atoms with van der Waals surface area (Å²) in [4.78, 5) is 10.6. The van der Waals surface area contributed by atoms with Crippen LogP contribution in [0.25, 0.3) is 0 Å². The molecule has 0 aliphatic heterocycles. The number of aldehydes is 1. The minimum Gasteiger partial charge on any atom is -0.298 e. The van der Waals surface area contributed by atoms with Gasteiger partial charge in [0, 0.05) is 6.20 Å². The minimum atomic E-state index is 0.424. The Morgan fingerprint density at radius 2 is 2.15 bits per heavy atom. The molecular formula is C10H16N2O. The number of nitrogens with zero attached hydrogens (tertiary/aromatic N) is 2. The van der Waals surface area contributed by atoms with Crippen LogP contribution in [0.15, 0.2) is 6.20 Å². The molecule has 0 aliphatic carbocycles. The molecule has 1 aromatic rings. The normalized spacial score (nSPS) is 10.8. The fraction of sp³-hybridized carbons (Fsp3) is 0.600. The average molecular weight is 180 g/mol. The van der Waals surface area contributed by atoms with Crippen LogP contribution in [0.1, 0.15) is 48.8 Å². The van der Waals surface area contributed by atoms with Gasteiger partial charge >= 0.3 is 0 Å². The highest BCUT2D eigenvalue weighted by Crippen LogP contribution is 2.15. The minimum absolute atomic E-state index is 0.424. The summed E-state index contributed by atoms with van der Waals surface area (Å²) in [6, 6.07) is 0.424. The van der Waals surface area contributed by atoms with E-state index in [1.165, 1.54) is 0 Å². The second-order valence-electron chi connectivity index (χ2n) is 3.24. The summed E-state index contributed by atoms with van der Waals surface area (Å²) < 4.78 is 1.90. The van der Waals surface area contributed by atoms with Crippen molar-refractivity contribution in [1.82, 2.24) is 9.78 Å². The largest absolute Gasteiger partial charge is 0.298 e. The van der Waals surface area contributed by atoms with Crippen molar-refractivity contribution in [2.45, 2.75) is 39.7 Å². The number of rotatable bonds is 4. The molecule has 0 bridgehead atoms. The topological polar surface area (TPSA) is 34.9 Å². The van der Waals surface area contributed by atoms with E-state index in [0.29, 0.717) is 11.6 Å². The molecule has 0 N–H and O–H groups in total. The molecule has 0 radical (unpaired) electrons. The lowest BCUT2D eigenvalue weighted by atomic mass is 10.2. The number of carbonyl (C=O) groups excluding carboxylic acids is 1. The SMILES string of the molecule is CCC(CC)n1cc(C=O)c(C)n1. The van der Waals surface area contributed by atoms with Gasteiger partial charge in [-0.05, 0) is 19.8 Å². The van der Waals surface area contributed by atoms with E-state index in [0.717, 1.165) is 24.8 Å². The highest BCUT2D eigenvalue weighted by Gasteiger charge is 2.09. The zero-order valence-electron chi connectivity index (χ0n) is 8.45. The van der Waals surface area contributed by atoms with Crippen LogP contribution >= 0.6 is 0 Å². The molecule has 72 valence electrons. The van der Waals surface area contributed by atoms with Crippen molar-refractivity contribution in [2.75, 3.05) is 0 Å². The van der Waals surface area contributed by atoms with Gasteiger partial charge in [0.25, 0.3) is 0 Å². The van der Waals surface area contributed by atoms with Gasteiger partial charge in [0.2, 0.25) is 0 Å². The van der Waals surface area contributed by atoms with Crippen molar-refractivity contribution in [3.05, 3.63) is 17.5 Å². The number of aryl methyl sites for hydroxylation is 1. The molecular weight excluding hydrogens is 164 g/mol. The molecule has 0 amide bonds. The summed E-state index contributed by atoms with van der Waals surface area (Å²) in [6.07, 6.45) is 4.80. The highest BCUT2D eigenvalue weighted by molar-refractivity contribution is 5.75. The second kappa shape index (κ2) is 4.21. The van der Waals surface area contributed by atoms with Gasteiger partial charge in [0.15, 0.2) is 6.29 Å². The van der Waals surface area contributed by atoms with E-state index < -0.39 is 0 Å². The van der Waals surface area contributed by atoms with E-state index in [9.17, 15) is 4.79 Å². The Morgan fingerprint density at radius 1 is 1.54 bits per heavy atom. The summed E-state index contributed by atoms with van der Waals surface area (Å²) in [5.74, 6) is 0. The maximum Gasteiger partial charge on any atom is 0.153 e. The van der Waals surface area contributed by atoms with Crippen LogP contribution in [0, 0.1) is 6.92 Å². The van der Waals surface area contributed by atoms with Gasteiger partial charge in [-0.2, -0.15) is 5.10 Å². The van der Waals surface area contributed by atoms with Crippen molar-refractivity contribution < 1.29 is 4.79 Å². The molecule has 0 fully saturated rings. The van der Waals surface area contributed by atoms with Crippen LogP contribution in [0.4, 0.5) is 0 Å². The van der Waals surface area contributed by atoms with Crippen molar-refractivity contribution in [2.24, 2.45) is 0 Å². The molecule has 1 heterocycles. The van der Waals surface area contributed by atoms with Gasteiger partial charge in [-0.15, -0.1) is 0 Å². The van der Waals surface area contributed by atoms with E-state index in [4.69, 9.17) is 0 Å². The Hall–Kier alpha value is -1.12. The predicted molar refractivity (Wildman–Crippen MR) is 52.0 cm³/mol. The van der Waals surface area contributed by atoms with Crippen LogP contribution in [0.3, 0.4) is 0 Å². The molecule has 3 heteroatoms. The van der Waals surface area contributed by atoms with Crippen molar-refractivity contribution in [3.8, 4) is 0 Å². The molecule has 13 heavy (non-hydrogen) atoms. The third-order valence-electron chi connectivity index (χ3n) is 2.40. The van der Waals surface area contributed by atoms with Crippen LogP contribution in [0.5, 0.6) is 0 Å². The maximum absolute atomic E-state index is 10.6. The summed E-state index contributed by atoms with van der Waals surface area (Å²) in [5.41, 5.74) is 1.52. The Kier molecular flexibility index (Phi) is 3.23. The van der Waals surface area contributed by atoms with Crippen molar-refractivity contribution >= 4 is 6.29 Å². The molecule has 0 saturated carbocycles. The van der Waals surface area contributed by atoms with Gasteiger partial charge in [-0.3, -0.25) is 9.48 Å². The lowest BCUT2D eigenvalue weighted by molar-refractivity contribution is 0.112. The molecule has 1 aromatic heterocycles. The zero-order valence-corrected chi connectivity index (χ0v) is 8.45. The lowest BCUT2D eigenvalue weighted by Crippen LogP contribution is -2.07. The third-order valence-corrected chi connectivity index (χ3v) is 2.40. The zero-order chi connectivity index (χ0) is 9.84. The molecule has 1 rings (SSSR count). The quantitative estimate of drug-likeness (QED) is 0.667. The first-order valence-electron chi connectivity index (χ1n) is 4.73. The van der Waals surface area contributed by atoms with Gasteiger partial charge in [0.1, 0.15) is 0 Å². The summed E-state index contributed by atoms with van der Waals surface area (Å²) in [5, 5.41) is 4.31. The number of aromatic nitrogens is 2. The average Bonchev–Trinajstić information content (AvgIpc) is 2.49. The Morgan fingerprint density at radius 3 is 2.54 bits per heavy atom. The predicted octanol–water partition coefficient (Wildman–Crippen LogP) is 2.37. The van der Waals surface area contributed by atoms with Crippen LogP contribution in [-0.4, -0.2) is 16.1 Å². The first kappa shape index (κ1) is 9.96. The van der Waals surface area contributed by atoms with Gasteiger partial charge in [-0.1, -0.05) is 13.8 Å². The maximum atomic E-state index is 10.6. The number of hydrogen-bond acceptors (Lipinski definition) is 2. The molecule has 0 aromatic carbocycles. The van der Waals surface area contributed by atoms with Gasteiger partial charge < -0.3 is 0 Å². The van der Waals surface area contributed by atoms with E-state index in [1.807, 2.05) is 17.8 Å². The number of hydrogen-bond donors (Lipinski definition) is 0. The van der Waals surface area contributed by atoms with Crippen molar-refractivity contribution in [1.29, 1.82) is 0 Å². The fourth-order valence-corrected chi connectivity index (χ4v) is 1.46. The van der Waals surface area contributed by atoms with Crippen molar-refractivity contribution in [3.63, 3.8) is 0 Å². The van der Waals surface area contributed by atoms with Crippen LogP contribution in [0.2, 0.25) is 0 Å². The van der Waals surface area contributed by atoms with E-state index in [-0.39, 0.29) is 0 Å². The lowest BCUT2D eigenvalue weighted by Gasteiger charge is -2.11. The van der Waals surface area contributed by atoms with E-state index >= 15 is 0 Å². The Balaban J connectivity index is 2.94. The number of carbonyl (C=O) groups is 1. The fourth-order valence-electron chi connectivity index (χ4n) is 1.46. The monoisotopic (exact) mass is 180 g/mol. The Labute approximate surface area is 78.8 Å². The van der Waals surface area contributed by atoms with Gasteiger partial charge in [0.05, 0.1) is 17.3 Å². The van der Waals surface area contributed by atoms with E-state index in [1.54, 1.807) is 0 Å². The molecule has 0 unspecified atom stereocenters. The first-order valence-corrected chi connectivity index (χ1v) is 4.73.